The average molecular weight is 186 g/mol. The lowest BCUT2D eigenvalue weighted by Gasteiger charge is -1.98. The summed E-state index contributed by atoms with van der Waals surface area (Å²) in [6.07, 6.45) is 3.21. The van der Waals surface area contributed by atoms with Crippen molar-refractivity contribution in [2.75, 3.05) is 0 Å². The first kappa shape index (κ1) is 8.69. The first-order chi connectivity index (χ1) is 6.77. The summed E-state index contributed by atoms with van der Waals surface area (Å²) < 4.78 is 0. The van der Waals surface area contributed by atoms with Crippen LogP contribution in [0.3, 0.4) is 0 Å². The minimum absolute atomic E-state index is 0.0706. The molecule has 2 rings (SSSR count). The van der Waals surface area contributed by atoms with Crippen molar-refractivity contribution in [3.05, 3.63) is 53.6 Å². The second kappa shape index (κ2) is 3.46. The molecule has 0 fully saturated rings. The number of ketones is 1. The van der Waals surface area contributed by atoms with E-state index in [-0.39, 0.29) is 5.78 Å². The molecule has 0 saturated carbocycles. The van der Waals surface area contributed by atoms with Crippen LogP contribution in [0.4, 0.5) is 0 Å². The predicted molar refractivity (Wildman–Crippen MR) is 53.2 cm³/mol. The van der Waals surface area contributed by atoms with Gasteiger partial charge >= 0.3 is 0 Å². The third-order valence-corrected chi connectivity index (χ3v) is 1.99. The van der Waals surface area contributed by atoms with Gasteiger partial charge < -0.3 is 4.98 Å². The first-order valence-electron chi connectivity index (χ1n) is 4.38. The third kappa shape index (κ3) is 1.57. The molecule has 3 heteroatoms. The van der Waals surface area contributed by atoms with E-state index in [9.17, 15) is 4.79 Å². The van der Waals surface area contributed by atoms with Crippen LogP contribution in [0.25, 0.3) is 0 Å². The zero-order chi connectivity index (χ0) is 9.97. The van der Waals surface area contributed by atoms with E-state index in [1.807, 2.05) is 25.1 Å². The third-order valence-electron chi connectivity index (χ3n) is 1.99. The molecule has 1 aromatic carbocycles. The Morgan fingerprint density at radius 1 is 1.43 bits per heavy atom. The molecule has 0 spiro atoms. The van der Waals surface area contributed by atoms with Gasteiger partial charge in [-0.25, -0.2) is 4.98 Å². The lowest BCUT2D eigenvalue weighted by Crippen LogP contribution is -2.03. The molecular weight excluding hydrogens is 176 g/mol. The molecule has 0 aliphatic heterocycles. The van der Waals surface area contributed by atoms with Crippen molar-refractivity contribution in [2.45, 2.75) is 6.92 Å². The Kier molecular flexibility index (Phi) is 2.14. The van der Waals surface area contributed by atoms with E-state index in [1.54, 1.807) is 18.5 Å². The summed E-state index contributed by atoms with van der Waals surface area (Å²) in [5, 5.41) is 0. The first-order valence-corrected chi connectivity index (χ1v) is 4.38. The van der Waals surface area contributed by atoms with Gasteiger partial charge in [-0.15, -0.1) is 0 Å². The number of aryl methyl sites for hydroxylation is 1. The summed E-state index contributed by atoms with van der Waals surface area (Å²) in [6.45, 7) is 1.96. The van der Waals surface area contributed by atoms with E-state index in [1.165, 1.54) is 0 Å². The van der Waals surface area contributed by atoms with Gasteiger partial charge in [-0.1, -0.05) is 23.8 Å². The number of rotatable bonds is 2. The quantitative estimate of drug-likeness (QED) is 0.728. The van der Waals surface area contributed by atoms with Crippen LogP contribution in [0.1, 0.15) is 21.7 Å². The molecule has 1 heterocycles. The predicted octanol–water partition coefficient (Wildman–Crippen LogP) is 1.95. The van der Waals surface area contributed by atoms with Gasteiger partial charge in [0, 0.05) is 18.0 Å². The summed E-state index contributed by atoms with van der Waals surface area (Å²) in [7, 11) is 0. The zero-order valence-electron chi connectivity index (χ0n) is 7.82. The Morgan fingerprint density at radius 2 is 2.29 bits per heavy atom. The van der Waals surface area contributed by atoms with Gasteiger partial charge in [0.15, 0.2) is 5.82 Å². The summed E-state index contributed by atoms with van der Waals surface area (Å²) in [5.41, 5.74) is 1.74. The minimum Gasteiger partial charge on any atom is -0.342 e. The largest absolute Gasteiger partial charge is 0.342 e. The van der Waals surface area contributed by atoms with Crippen LogP contribution >= 0.6 is 0 Å². The monoisotopic (exact) mass is 186 g/mol. The van der Waals surface area contributed by atoms with Crippen molar-refractivity contribution in [1.82, 2.24) is 9.97 Å². The van der Waals surface area contributed by atoms with Crippen molar-refractivity contribution in [3.63, 3.8) is 0 Å². The maximum atomic E-state index is 11.8. The molecule has 1 N–H and O–H groups in total. The van der Waals surface area contributed by atoms with E-state index in [2.05, 4.69) is 9.97 Å². The molecule has 2 aromatic rings. The van der Waals surface area contributed by atoms with Gasteiger partial charge in [-0.2, -0.15) is 0 Å². The van der Waals surface area contributed by atoms with E-state index in [0.29, 0.717) is 11.4 Å². The number of H-pyrrole nitrogens is 1. The lowest BCUT2D eigenvalue weighted by atomic mass is 10.1. The standard InChI is InChI=1S/C11H10N2O/c1-8-3-2-4-9(7-8)10(14)11-12-5-6-13-11/h2-7H,1H3,(H,12,13). The molecule has 0 saturated heterocycles. The molecule has 1 aromatic heterocycles. The molecule has 70 valence electrons. The van der Waals surface area contributed by atoms with Crippen LogP contribution in [-0.4, -0.2) is 15.8 Å². The van der Waals surface area contributed by atoms with E-state index < -0.39 is 0 Å². The maximum Gasteiger partial charge on any atom is 0.228 e. The number of benzene rings is 1. The Bertz CT molecular complexity index is 446. The number of carbonyl (C=O) groups is 1. The van der Waals surface area contributed by atoms with Gasteiger partial charge in [-0.05, 0) is 13.0 Å². The van der Waals surface area contributed by atoms with Crippen LogP contribution in [0.15, 0.2) is 36.7 Å². The van der Waals surface area contributed by atoms with E-state index in [4.69, 9.17) is 0 Å². The molecule has 0 amide bonds. The summed E-state index contributed by atoms with van der Waals surface area (Å²) >= 11 is 0. The lowest BCUT2D eigenvalue weighted by molar-refractivity contribution is 0.103. The zero-order valence-corrected chi connectivity index (χ0v) is 7.82. The SMILES string of the molecule is Cc1cccc(C(=O)c2ncc[nH]2)c1. The fourth-order valence-electron chi connectivity index (χ4n) is 1.31. The highest BCUT2D eigenvalue weighted by Gasteiger charge is 2.10. The van der Waals surface area contributed by atoms with Crippen molar-refractivity contribution >= 4 is 5.78 Å². The van der Waals surface area contributed by atoms with Crippen molar-refractivity contribution < 1.29 is 4.79 Å². The number of nitrogens with zero attached hydrogens (tertiary/aromatic N) is 1. The minimum atomic E-state index is -0.0706. The van der Waals surface area contributed by atoms with Gasteiger partial charge in [0.05, 0.1) is 0 Å². The number of nitrogens with one attached hydrogen (secondary N) is 1. The number of imidazole rings is 1. The number of aromatic amines is 1. The van der Waals surface area contributed by atoms with Crippen LogP contribution in [0, 0.1) is 6.92 Å². The van der Waals surface area contributed by atoms with Gasteiger partial charge in [0.2, 0.25) is 5.78 Å². The van der Waals surface area contributed by atoms with Gasteiger partial charge in [0.1, 0.15) is 0 Å². The molecule has 0 unspecified atom stereocenters. The van der Waals surface area contributed by atoms with Gasteiger partial charge in [0.25, 0.3) is 0 Å². The summed E-state index contributed by atoms with van der Waals surface area (Å²) in [4.78, 5) is 18.5. The molecule has 0 radical (unpaired) electrons. The highest BCUT2D eigenvalue weighted by atomic mass is 16.1. The molecular formula is C11H10N2O. The van der Waals surface area contributed by atoms with Crippen molar-refractivity contribution in [3.8, 4) is 0 Å². The Balaban J connectivity index is 2.37. The molecule has 14 heavy (non-hydrogen) atoms. The fourth-order valence-corrected chi connectivity index (χ4v) is 1.31. The molecule has 0 bridgehead atoms. The Hall–Kier alpha value is -1.90. The van der Waals surface area contributed by atoms with Crippen LogP contribution in [0.2, 0.25) is 0 Å². The smallest absolute Gasteiger partial charge is 0.228 e. The number of carbonyl (C=O) groups excluding carboxylic acids is 1. The maximum absolute atomic E-state index is 11.8. The normalized spacial score (nSPS) is 10.1. The Morgan fingerprint density at radius 3 is 2.93 bits per heavy atom. The second-order valence-corrected chi connectivity index (χ2v) is 3.14. The molecule has 0 aliphatic rings. The molecule has 3 nitrogen and oxygen atoms in total. The highest BCUT2D eigenvalue weighted by molar-refractivity contribution is 6.06. The molecule has 0 aliphatic carbocycles. The number of hydrogen-bond acceptors (Lipinski definition) is 2. The fraction of sp³-hybridized carbons (Fsp3) is 0.0909. The number of aromatic nitrogens is 2. The van der Waals surface area contributed by atoms with Crippen LogP contribution in [-0.2, 0) is 0 Å². The second-order valence-electron chi connectivity index (χ2n) is 3.14. The highest BCUT2D eigenvalue weighted by Crippen LogP contribution is 2.07. The van der Waals surface area contributed by atoms with E-state index >= 15 is 0 Å². The molecule has 0 atom stereocenters. The average Bonchev–Trinajstić information content (AvgIpc) is 2.69. The summed E-state index contributed by atoms with van der Waals surface area (Å²) in [5.74, 6) is 0.314. The van der Waals surface area contributed by atoms with Gasteiger partial charge in [-0.3, -0.25) is 4.79 Å². The van der Waals surface area contributed by atoms with Crippen LogP contribution < -0.4 is 0 Å². The number of hydrogen-bond donors (Lipinski definition) is 1. The van der Waals surface area contributed by atoms with Crippen LogP contribution in [0.5, 0.6) is 0 Å². The summed E-state index contributed by atoms with van der Waals surface area (Å²) in [6, 6.07) is 7.47. The topological polar surface area (TPSA) is 45.8 Å². The van der Waals surface area contributed by atoms with Crippen molar-refractivity contribution in [1.29, 1.82) is 0 Å². The Labute approximate surface area is 81.8 Å². The van der Waals surface area contributed by atoms with E-state index in [0.717, 1.165) is 5.56 Å². The van der Waals surface area contributed by atoms with Crippen molar-refractivity contribution in [2.24, 2.45) is 0 Å².